The molecule has 0 bridgehead atoms. The van der Waals surface area contributed by atoms with Crippen molar-refractivity contribution < 1.29 is 19.8 Å². The van der Waals surface area contributed by atoms with Crippen LogP contribution < -0.4 is 5.32 Å². The summed E-state index contributed by atoms with van der Waals surface area (Å²) >= 11 is 1.45. The topological polar surface area (TPSA) is 86.6 Å². The number of aliphatic carboxylic acids is 1. The van der Waals surface area contributed by atoms with Crippen molar-refractivity contribution in [2.75, 3.05) is 6.61 Å². The molecule has 2 atom stereocenters. The highest BCUT2D eigenvalue weighted by Crippen LogP contribution is 2.27. The molecule has 1 aromatic heterocycles. The summed E-state index contributed by atoms with van der Waals surface area (Å²) in [4.78, 5) is 24.2. The fraction of sp³-hybridized carbons (Fsp3) is 0.333. The Morgan fingerprint density at radius 1 is 1.08 bits per heavy atom. The Labute approximate surface area is 145 Å². The number of hydrogen-bond donors (Lipinski definition) is 3. The monoisotopic (exact) mass is 347 g/mol. The van der Waals surface area contributed by atoms with Crippen LogP contribution in [0, 0.1) is 0 Å². The molecule has 1 heterocycles. The molecule has 0 radical (unpaired) electrons. The van der Waals surface area contributed by atoms with Crippen LogP contribution in [0.25, 0.3) is 0 Å². The highest BCUT2D eigenvalue weighted by molar-refractivity contribution is 7.10. The van der Waals surface area contributed by atoms with Crippen molar-refractivity contribution in [2.24, 2.45) is 0 Å². The minimum Gasteiger partial charge on any atom is -0.481 e. The Balaban J connectivity index is 1.94. The summed E-state index contributed by atoms with van der Waals surface area (Å²) in [6, 6.07) is 12.9. The van der Waals surface area contributed by atoms with Crippen molar-refractivity contribution in [3.8, 4) is 0 Å². The van der Waals surface area contributed by atoms with Crippen molar-refractivity contribution in [1.82, 2.24) is 5.32 Å². The predicted molar refractivity (Wildman–Crippen MR) is 93.1 cm³/mol. The van der Waals surface area contributed by atoms with E-state index in [1.165, 1.54) is 11.3 Å². The summed E-state index contributed by atoms with van der Waals surface area (Å²) in [6.07, 6.45) is 0.542. The second kappa shape index (κ2) is 9.20. The van der Waals surface area contributed by atoms with Gasteiger partial charge in [0, 0.05) is 17.2 Å². The number of carbonyl (C=O) groups excluding carboxylic acids is 1. The third-order valence-electron chi connectivity index (χ3n) is 3.71. The lowest BCUT2D eigenvalue weighted by Gasteiger charge is -2.19. The maximum atomic E-state index is 12.3. The fourth-order valence-electron chi connectivity index (χ4n) is 2.58. The molecule has 0 aliphatic carbocycles. The minimum atomic E-state index is -0.927. The number of rotatable bonds is 9. The van der Waals surface area contributed by atoms with Crippen molar-refractivity contribution in [3.63, 3.8) is 0 Å². The van der Waals surface area contributed by atoms with Gasteiger partial charge in [0.1, 0.15) is 0 Å². The van der Waals surface area contributed by atoms with Crippen LogP contribution in [0.2, 0.25) is 0 Å². The molecule has 1 amide bonds. The van der Waals surface area contributed by atoms with Gasteiger partial charge in [0.15, 0.2) is 0 Å². The summed E-state index contributed by atoms with van der Waals surface area (Å²) in [7, 11) is 0. The van der Waals surface area contributed by atoms with Gasteiger partial charge in [0.2, 0.25) is 5.91 Å². The number of hydrogen-bond acceptors (Lipinski definition) is 4. The fourth-order valence-corrected chi connectivity index (χ4v) is 3.41. The number of carboxylic acids is 1. The van der Waals surface area contributed by atoms with Crippen LogP contribution in [-0.2, 0) is 16.0 Å². The van der Waals surface area contributed by atoms with E-state index in [0.717, 1.165) is 10.4 Å². The smallest absolute Gasteiger partial charge is 0.304 e. The maximum Gasteiger partial charge on any atom is 0.304 e. The number of benzene rings is 1. The number of nitrogens with one attached hydrogen (secondary N) is 1. The highest BCUT2D eigenvalue weighted by Gasteiger charge is 2.21. The van der Waals surface area contributed by atoms with E-state index in [4.69, 9.17) is 5.11 Å². The molecule has 0 saturated carbocycles. The first-order valence-corrected chi connectivity index (χ1v) is 8.65. The van der Waals surface area contributed by atoms with E-state index >= 15 is 0 Å². The number of carboxylic acid groups (broad SMARTS) is 1. The first-order chi connectivity index (χ1) is 11.6. The van der Waals surface area contributed by atoms with E-state index in [1.807, 2.05) is 47.8 Å². The van der Waals surface area contributed by atoms with Crippen molar-refractivity contribution in [2.45, 2.75) is 31.2 Å². The molecule has 128 valence electrons. The maximum absolute atomic E-state index is 12.3. The largest absolute Gasteiger partial charge is 0.481 e. The van der Waals surface area contributed by atoms with E-state index in [2.05, 4.69) is 5.32 Å². The normalized spacial score (nSPS) is 13.2. The minimum absolute atomic E-state index is 0.0869. The second-order valence-corrected chi connectivity index (χ2v) is 6.63. The molecule has 24 heavy (non-hydrogen) atoms. The van der Waals surface area contributed by atoms with E-state index in [1.54, 1.807) is 0 Å². The van der Waals surface area contributed by atoms with Gasteiger partial charge in [-0.25, -0.2) is 0 Å². The standard InChI is InChI=1S/C18H21NO4S/c20-12-15(9-13-5-2-1-3-6-13)19-17(21)10-14(11-18(22)23)16-7-4-8-24-16/h1-8,14-15,20H,9-12H2,(H,19,21)(H,22,23)/t14-,15-/m1/s1. The Bertz CT molecular complexity index is 642. The number of carbonyl (C=O) groups is 2. The third-order valence-corrected chi connectivity index (χ3v) is 4.74. The van der Waals surface area contributed by atoms with Gasteiger partial charge >= 0.3 is 5.97 Å². The quantitative estimate of drug-likeness (QED) is 0.650. The second-order valence-electron chi connectivity index (χ2n) is 5.65. The lowest BCUT2D eigenvalue weighted by molar-refractivity contribution is -0.137. The van der Waals surface area contributed by atoms with Gasteiger partial charge in [-0.1, -0.05) is 36.4 Å². The molecule has 0 saturated heterocycles. The molecule has 0 fully saturated rings. The zero-order valence-corrected chi connectivity index (χ0v) is 14.0. The number of amides is 1. The Kier molecular flexibility index (Phi) is 6.96. The number of aliphatic hydroxyl groups is 1. The molecule has 0 aliphatic heterocycles. The zero-order chi connectivity index (χ0) is 17.4. The molecule has 3 N–H and O–H groups in total. The van der Waals surface area contributed by atoms with Crippen LogP contribution in [0.1, 0.15) is 29.2 Å². The molecule has 1 aromatic carbocycles. The summed E-state index contributed by atoms with van der Waals surface area (Å²) in [5.41, 5.74) is 1.03. The first-order valence-electron chi connectivity index (χ1n) is 7.77. The molecular formula is C18H21NO4S. The molecule has 2 rings (SSSR count). The van der Waals surface area contributed by atoms with Gasteiger partial charge in [-0.05, 0) is 23.4 Å². The number of thiophene rings is 1. The van der Waals surface area contributed by atoms with Gasteiger partial charge < -0.3 is 15.5 Å². The molecule has 0 spiro atoms. The Hall–Kier alpha value is -2.18. The van der Waals surface area contributed by atoms with Crippen LogP contribution in [0.3, 0.4) is 0 Å². The summed E-state index contributed by atoms with van der Waals surface area (Å²) < 4.78 is 0. The van der Waals surface area contributed by atoms with Crippen molar-refractivity contribution in [3.05, 3.63) is 58.3 Å². The average Bonchev–Trinajstić information content (AvgIpc) is 3.08. The molecule has 0 unspecified atom stereocenters. The number of aliphatic hydroxyl groups excluding tert-OH is 1. The van der Waals surface area contributed by atoms with Gasteiger partial charge in [-0.2, -0.15) is 0 Å². The third kappa shape index (κ3) is 5.79. The van der Waals surface area contributed by atoms with Gasteiger partial charge in [-0.3, -0.25) is 9.59 Å². The summed E-state index contributed by atoms with van der Waals surface area (Å²) in [5.74, 6) is -1.52. The Morgan fingerprint density at radius 2 is 1.83 bits per heavy atom. The van der Waals surface area contributed by atoms with E-state index in [9.17, 15) is 14.7 Å². The van der Waals surface area contributed by atoms with Crippen molar-refractivity contribution in [1.29, 1.82) is 0 Å². The molecule has 0 aliphatic rings. The highest BCUT2D eigenvalue weighted by atomic mass is 32.1. The lowest BCUT2D eigenvalue weighted by Crippen LogP contribution is -2.39. The van der Waals surface area contributed by atoms with Crippen molar-refractivity contribution >= 4 is 23.2 Å². The average molecular weight is 347 g/mol. The summed E-state index contributed by atoms with van der Waals surface area (Å²) in [5, 5.41) is 23.2. The van der Waals surface area contributed by atoms with Gasteiger partial charge in [0.05, 0.1) is 19.1 Å². The van der Waals surface area contributed by atoms with Crippen LogP contribution in [-0.4, -0.2) is 34.7 Å². The van der Waals surface area contributed by atoms with Crippen LogP contribution >= 0.6 is 11.3 Å². The van der Waals surface area contributed by atoms with Crippen LogP contribution in [0.4, 0.5) is 0 Å². The van der Waals surface area contributed by atoms with E-state index in [0.29, 0.717) is 6.42 Å². The van der Waals surface area contributed by atoms with Crippen LogP contribution in [0.5, 0.6) is 0 Å². The predicted octanol–water partition coefficient (Wildman–Crippen LogP) is 2.42. The van der Waals surface area contributed by atoms with Crippen LogP contribution in [0.15, 0.2) is 47.8 Å². The van der Waals surface area contributed by atoms with E-state index in [-0.39, 0.29) is 37.3 Å². The van der Waals surface area contributed by atoms with Gasteiger partial charge in [-0.15, -0.1) is 11.3 Å². The molecule has 5 nitrogen and oxygen atoms in total. The lowest BCUT2D eigenvalue weighted by atomic mass is 9.98. The van der Waals surface area contributed by atoms with E-state index < -0.39 is 5.97 Å². The molecular weight excluding hydrogens is 326 g/mol. The Morgan fingerprint density at radius 3 is 2.42 bits per heavy atom. The zero-order valence-electron chi connectivity index (χ0n) is 13.2. The summed E-state index contributed by atoms with van der Waals surface area (Å²) in [6.45, 7) is -0.163. The molecule has 6 heteroatoms. The first kappa shape index (κ1) is 18.2. The SMILES string of the molecule is O=C(O)C[C@@H](CC(=O)N[C@@H](CO)Cc1ccccc1)c1cccs1. The van der Waals surface area contributed by atoms with Gasteiger partial charge in [0.25, 0.3) is 0 Å². The molecule has 2 aromatic rings.